The predicted octanol–water partition coefficient (Wildman–Crippen LogP) is 1.09. The molecule has 0 aliphatic rings. The van der Waals surface area contributed by atoms with Crippen molar-refractivity contribution in [2.75, 3.05) is 13.6 Å². The van der Waals surface area contributed by atoms with Crippen LogP contribution in [0.25, 0.3) is 0 Å². The molecule has 6 heteroatoms. The summed E-state index contributed by atoms with van der Waals surface area (Å²) in [5, 5.41) is 5.97. The molecule has 110 valence electrons. The number of pyridine rings is 1. The zero-order chi connectivity index (χ0) is 15.0. The number of nitrogens with zero attached hydrogens (tertiary/aromatic N) is 2. The first-order chi connectivity index (χ1) is 9.40. The Morgan fingerprint density at radius 2 is 2.10 bits per heavy atom. The highest BCUT2D eigenvalue weighted by Crippen LogP contribution is 2.06. The molecule has 0 amide bonds. The number of carbonyl (C=O) groups excluding carboxylic acids is 1. The second-order valence-corrected chi connectivity index (χ2v) is 5.19. The van der Waals surface area contributed by atoms with E-state index in [0.717, 1.165) is 5.69 Å². The van der Waals surface area contributed by atoms with Crippen LogP contribution < -0.4 is 10.6 Å². The SMILES string of the molecule is CN=C(NCC(=O)OC(C)(C)C)NCc1ccccn1. The van der Waals surface area contributed by atoms with Crippen molar-refractivity contribution in [2.24, 2.45) is 4.99 Å². The summed E-state index contributed by atoms with van der Waals surface area (Å²) in [6, 6.07) is 5.69. The van der Waals surface area contributed by atoms with Crippen LogP contribution in [0.4, 0.5) is 0 Å². The lowest BCUT2D eigenvalue weighted by Crippen LogP contribution is -2.41. The number of hydrogen-bond acceptors (Lipinski definition) is 4. The lowest BCUT2D eigenvalue weighted by molar-refractivity contribution is -0.153. The van der Waals surface area contributed by atoms with Crippen LogP contribution in [0, 0.1) is 0 Å². The zero-order valence-electron chi connectivity index (χ0n) is 12.4. The quantitative estimate of drug-likeness (QED) is 0.490. The van der Waals surface area contributed by atoms with Gasteiger partial charge in [0, 0.05) is 13.2 Å². The molecule has 0 unspecified atom stereocenters. The Balaban J connectivity index is 2.36. The van der Waals surface area contributed by atoms with E-state index in [9.17, 15) is 4.79 Å². The molecule has 1 rings (SSSR count). The van der Waals surface area contributed by atoms with Crippen LogP contribution in [0.5, 0.6) is 0 Å². The van der Waals surface area contributed by atoms with Crippen molar-refractivity contribution in [1.29, 1.82) is 0 Å². The first-order valence-corrected chi connectivity index (χ1v) is 6.47. The maximum Gasteiger partial charge on any atom is 0.325 e. The Morgan fingerprint density at radius 3 is 2.65 bits per heavy atom. The van der Waals surface area contributed by atoms with Crippen molar-refractivity contribution in [1.82, 2.24) is 15.6 Å². The number of rotatable bonds is 4. The molecule has 0 saturated heterocycles. The number of ether oxygens (including phenoxy) is 1. The van der Waals surface area contributed by atoms with Gasteiger partial charge in [-0.15, -0.1) is 0 Å². The summed E-state index contributed by atoms with van der Waals surface area (Å²) in [6.45, 7) is 6.10. The third kappa shape index (κ3) is 6.72. The molecule has 1 aromatic rings. The maximum absolute atomic E-state index is 11.6. The van der Waals surface area contributed by atoms with Crippen LogP contribution in [0.3, 0.4) is 0 Å². The Bertz CT molecular complexity index is 452. The largest absolute Gasteiger partial charge is 0.459 e. The van der Waals surface area contributed by atoms with Crippen LogP contribution in [0.15, 0.2) is 29.4 Å². The van der Waals surface area contributed by atoms with Gasteiger partial charge >= 0.3 is 5.97 Å². The number of aromatic nitrogens is 1. The number of guanidine groups is 1. The van der Waals surface area contributed by atoms with Gasteiger partial charge in [-0.05, 0) is 32.9 Å². The Labute approximate surface area is 119 Å². The second kappa shape index (κ2) is 7.47. The minimum absolute atomic E-state index is 0.0686. The lowest BCUT2D eigenvalue weighted by atomic mass is 10.2. The van der Waals surface area contributed by atoms with Gasteiger partial charge in [0.1, 0.15) is 12.1 Å². The summed E-state index contributed by atoms with van der Waals surface area (Å²) in [7, 11) is 1.64. The molecule has 0 bridgehead atoms. The molecule has 1 heterocycles. The van der Waals surface area contributed by atoms with Gasteiger partial charge in [-0.25, -0.2) is 0 Å². The van der Waals surface area contributed by atoms with E-state index in [2.05, 4.69) is 20.6 Å². The monoisotopic (exact) mass is 278 g/mol. The fraction of sp³-hybridized carbons (Fsp3) is 0.500. The molecule has 20 heavy (non-hydrogen) atoms. The fourth-order valence-corrected chi connectivity index (χ4v) is 1.43. The Hall–Kier alpha value is -2.11. The highest BCUT2D eigenvalue weighted by Gasteiger charge is 2.16. The molecular formula is C14H22N4O2. The van der Waals surface area contributed by atoms with E-state index >= 15 is 0 Å². The van der Waals surface area contributed by atoms with Crippen molar-refractivity contribution in [3.8, 4) is 0 Å². The number of nitrogens with one attached hydrogen (secondary N) is 2. The minimum Gasteiger partial charge on any atom is -0.459 e. The molecular weight excluding hydrogens is 256 g/mol. The Morgan fingerprint density at radius 1 is 1.35 bits per heavy atom. The van der Waals surface area contributed by atoms with E-state index in [4.69, 9.17) is 4.74 Å². The highest BCUT2D eigenvalue weighted by atomic mass is 16.6. The summed E-state index contributed by atoms with van der Waals surface area (Å²) in [6.07, 6.45) is 1.73. The normalized spacial score (nSPS) is 11.9. The third-order valence-corrected chi connectivity index (χ3v) is 2.21. The van der Waals surface area contributed by atoms with Crippen molar-refractivity contribution in [3.63, 3.8) is 0 Å². The van der Waals surface area contributed by atoms with E-state index < -0.39 is 5.60 Å². The van der Waals surface area contributed by atoms with Gasteiger partial charge in [-0.1, -0.05) is 6.07 Å². The number of aliphatic imine (C=N–C) groups is 1. The average Bonchev–Trinajstić information content (AvgIpc) is 2.38. The van der Waals surface area contributed by atoms with Gasteiger partial charge < -0.3 is 15.4 Å². The van der Waals surface area contributed by atoms with Crippen molar-refractivity contribution in [2.45, 2.75) is 32.9 Å². The van der Waals surface area contributed by atoms with Gasteiger partial charge in [0.25, 0.3) is 0 Å². The average molecular weight is 278 g/mol. The van der Waals surface area contributed by atoms with Gasteiger partial charge in [0.15, 0.2) is 5.96 Å². The summed E-state index contributed by atoms with van der Waals surface area (Å²) in [5.41, 5.74) is 0.414. The molecule has 2 N–H and O–H groups in total. The molecule has 0 aliphatic carbocycles. The first-order valence-electron chi connectivity index (χ1n) is 6.47. The summed E-state index contributed by atoms with van der Waals surface area (Å²) < 4.78 is 5.20. The summed E-state index contributed by atoms with van der Waals surface area (Å²) in [5.74, 6) is 0.208. The molecule has 6 nitrogen and oxygen atoms in total. The second-order valence-electron chi connectivity index (χ2n) is 5.19. The number of carbonyl (C=O) groups is 1. The standard InChI is InChI=1S/C14H22N4O2/c1-14(2,3)20-12(19)10-18-13(15-4)17-9-11-7-5-6-8-16-11/h5-8H,9-10H2,1-4H3,(H2,15,17,18). The number of esters is 1. The van der Waals surface area contributed by atoms with Gasteiger partial charge in [-0.3, -0.25) is 14.8 Å². The van der Waals surface area contributed by atoms with E-state index in [0.29, 0.717) is 12.5 Å². The van der Waals surface area contributed by atoms with Crippen molar-refractivity contribution in [3.05, 3.63) is 30.1 Å². The van der Waals surface area contributed by atoms with Crippen LogP contribution in [-0.4, -0.2) is 36.1 Å². The zero-order valence-corrected chi connectivity index (χ0v) is 12.4. The first kappa shape index (κ1) is 15.9. The molecule has 0 fully saturated rings. The van der Waals surface area contributed by atoms with Crippen molar-refractivity contribution >= 4 is 11.9 Å². The van der Waals surface area contributed by atoms with Crippen LogP contribution >= 0.6 is 0 Å². The molecule has 0 saturated carbocycles. The number of hydrogen-bond donors (Lipinski definition) is 2. The maximum atomic E-state index is 11.6. The minimum atomic E-state index is -0.482. The molecule has 0 radical (unpaired) electrons. The van der Waals surface area contributed by atoms with Crippen molar-refractivity contribution < 1.29 is 9.53 Å². The predicted molar refractivity (Wildman–Crippen MR) is 78.3 cm³/mol. The van der Waals surface area contributed by atoms with E-state index in [1.807, 2.05) is 39.0 Å². The Kier molecular flexibility index (Phi) is 5.96. The third-order valence-electron chi connectivity index (χ3n) is 2.21. The molecule has 0 aromatic carbocycles. The topological polar surface area (TPSA) is 75.6 Å². The summed E-state index contributed by atoms with van der Waals surface area (Å²) >= 11 is 0. The van der Waals surface area contributed by atoms with Gasteiger partial charge in [0.2, 0.25) is 0 Å². The van der Waals surface area contributed by atoms with E-state index in [1.165, 1.54) is 0 Å². The lowest BCUT2D eigenvalue weighted by Gasteiger charge is -2.20. The van der Waals surface area contributed by atoms with Crippen LogP contribution in [0.1, 0.15) is 26.5 Å². The molecule has 0 atom stereocenters. The molecule has 0 aliphatic heterocycles. The summed E-state index contributed by atoms with van der Waals surface area (Å²) in [4.78, 5) is 19.8. The molecule has 1 aromatic heterocycles. The van der Waals surface area contributed by atoms with Gasteiger partial charge in [0.05, 0.1) is 12.2 Å². The van der Waals surface area contributed by atoms with E-state index in [1.54, 1.807) is 13.2 Å². The van der Waals surface area contributed by atoms with Crippen LogP contribution in [-0.2, 0) is 16.1 Å². The smallest absolute Gasteiger partial charge is 0.325 e. The fourth-order valence-electron chi connectivity index (χ4n) is 1.43. The highest BCUT2D eigenvalue weighted by molar-refractivity contribution is 5.84. The molecule has 0 spiro atoms. The van der Waals surface area contributed by atoms with E-state index in [-0.39, 0.29) is 12.5 Å². The van der Waals surface area contributed by atoms with Gasteiger partial charge in [-0.2, -0.15) is 0 Å². The van der Waals surface area contributed by atoms with Crippen LogP contribution in [0.2, 0.25) is 0 Å².